The Kier molecular flexibility index (Phi) is 7.29. The number of rotatable bonds is 8. The van der Waals surface area contributed by atoms with Gasteiger partial charge in [0.15, 0.2) is 10.6 Å². The Labute approximate surface area is 164 Å². The topological polar surface area (TPSA) is 83.0 Å². The predicted molar refractivity (Wildman–Crippen MR) is 108 cm³/mol. The van der Waals surface area contributed by atoms with E-state index in [2.05, 4.69) is 15.5 Å². The number of H-pyrrole nitrogens is 1. The number of aromatic nitrogens is 3. The number of aromatic amines is 1. The summed E-state index contributed by atoms with van der Waals surface area (Å²) >= 11 is 5.32. The van der Waals surface area contributed by atoms with Gasteiger partial charge in [-0.15, -0.1) is 0 Å². The van der Waals surface area contributed by atoms with Gasteiger partial charge in [-0.3, -0.25) is 19.3 Å². The van der Waals surface area contributed by atoms with Gasteiger partial charge in [0.05, 0.1) is 6.54 Å². The molecule has 0 atom stereocenters. The van der Waals surface area contributed by atoms with Crippen LogP contribution in [0, 0.1) is 11.7 Å². The van der Waals surface area contributed by atoms with Crippen LogP contribution in [0.1, 0.15) is 32.8 Å². The van der Waals surface area contributed by atoms with E-state index in [0.29, 0.717) is 23.7 Å². The van der Waals surface area contributed by atoms with Crippen LogP contribution in [0.4, 0.5) is 0 Å². The van der Waals surface area contributed by atoms with Crippen LogP contribution in [-0.2, 0) is 16.1 Å². The van der Waals surface area contributed by atoms with Gasteiger partial charge < -0.3 is 10.2 Å². The third-order valence-electron chi connectivity index (χ3n) is 4.14. The number of carbonyl (C=O) groups is 2. The van der Waals surface area contributed by atoms with Gasteiger partial charge in [-0.25, -0.2) is 0 Å². The van der Waals surface area contributed by atoms with Crippen LogP contribution in [0.25, 0.3) is 11.4 Å². The van der Waals surface area contributed by atoms with E-state index in [-0.39, 0.29) is 30.8 Å². The van der Waals surface area contributed by atoms with Crippen molar-refractivity contribution in [2.45, 2.75) is 46.7 Å². The van der Waals surface area contributed by atoms with Crippen molar-refractivity contribution in [1.29, 1.82) is 0 Å². The van der Waals surface area contributed by atoms with E-state index < -0.39 is 0 Å². The first-order chi connectivity index (χ1) is 12.8. The predicted octanol–water partition coefficient (Wildman–Crippen LogP) is 2.68. The maximum Gasteiger partial charge on any atom is 0.239 e. The zero-order valence-corrected chi connectivity index (χ0v) is 17.1. The summed E-state index contributed by atoms with van der Waals surface area (Å²) in [6.07, 6.45) is 0.246. The van der Waals surface area contributed by atoms with Gasteiger partial charge in [0, 0.05) is 31.1 Å². The van der Waals surface area contributed by atoms with Crippen LogP contribution < -0.4 is 5.32 Å². The molecule has 2 N–H and O–H groups in total. The molecule has 0 saturated carbocycles. The molecular weight excluding hydrogens is 362 g/mol. The fraction of sp³-hybridized carbons (Fsp3) is 0.474. The normalized spacial score (nSPS) is 10.9. The number of nitrogens with zero attached hydrogens (tertiary/aromatic N) is 3. The van der Waals surface area contributed by atoms with Crippen molar-refractivity contribution in [2.24, 2.45) is 0 Å². The van der Waals surface area contributed by atoms with Crippen LogP contribution in [0.2, 0.25) is 0 Å². The van der Waals surface area contributed by atoms with Gasteiger partial charge in [-0.05, 0) is 39.9 Å². The Morgan fingerprint density at radius 1 is 1.30 bits per heavy atom. The lowest BCUT2D eigenvalue weighted by Gasteiger charge is -2.21. The number of benzene rings is 1. The van der Waals surface area contributed by atoms with Gasteiger partial charge in [0.25, 0.3) is 0 Å². The number of nitrogens with one attached hydrogen (secondary N) is 2. The molecule has 2 aromatic rings. The minimum absolute atomic E-state index is 0.0487. The van der Waals surface area contributed by atoms with Gasteiger partial charge >= 0.3 is 0 Å². The minimum Gasteiger partial charge on any atom is -0.352 e. The van der Waals surface area contributed by atoms with Crippen molar-refractivity contribution < 1.29 is 9.59 Å². The largest absolute Gasteiger partial charge is 0.352 e. The smallest absolute Gasteiger partial charge is 0.239 e. The van der Waals surface area contributed by atoms with Gasteiger partial charge in [-0.1, -0.05) is 29.8 Å². The first-order valence-electron chi connectivity index (χ1n) is 9.11. The Morgan fingerprint density at radius 3 is 2.56 bits per heavy atom. The molecule has 27 heavy (non-hydrogen) atoms. The number of amides is 2. The third kappa shape index (κ3) is 5.75. The highest BCUT2D eigenvalue weighted by atomic mass is 32.1. The lowest BCUT2D eigenvalue weighted by Crippen LogP contribution is -2.42. The zero-order valence-electron chi connectivity index (χ0n) is 16.3. The van der Waals surface area contributed by atoms with Gasteiger partial charge in [0.1, 0.15) is 0 Å². The highest BCUT2D eigenvalue weighted by Crippen LogP contribution is 2.18. The zero-order chi connectivity index (χ0) is 20.0. The molecule has 0 unspecified atom stereocenters. The average Bonchev–Trinajstić information content (AvgIpc) is 2.98. The van der Waals surface area contributed by atoms with Gasteiger partial charge in [-0.2, -0.15) is 5.10 Å². The molecular formula is C19H27N5O2S. The molecule has 0 saturated heterocycles. The average molecular weight is 390 g/mol. The molecule has 0 aliphatic carbocycles. The lowest BCUT2D eigenvalue weighted by molar-refractivity contribution is -0.136. The van der Waals surface area contributed by atoms with E-state index in [4.69, 9.17) is 12.2 Å². The van der Waals surface area contributed by atoms with Crippen molar-refractivity contribution in [1.82, 2.24) is 25.0 Å². The fourth-order valence-electron chi connectivity index (χ4n) is 2.73. The van der Waals surface area contributed by atoms with E-state index in [0.717, 1.165) is 11.1 Å². The molecule has 2 amide bonds. The minimum atomic E-state index is -0.152. The van der Waals surface area contributed by atoms with Crippen LogP contribution in [-0.4, -0.2) is 50.6 Å². The molecule has 2 rings (SSSR count). The van der Waals surface area contributed by atoms with E-state index in [1.54, 1.807) is 4.90 Å². The SMILES string of the molecule is CCN(CC(=O)NC(C)C)C(=O)CCn1c(-c2ccc(C)cc2)n[nH]c1=S. The molecule has 1 heterocycles. The molecule has 0 radical (unpaired) electrons. The van der Waals surface area contributed by atoms with E-state index in [1.165, 1.54) is 0 Å². The van der Waals surface area contributed by atoms with Crippen LogP contribution in [0.5, 0.6) is 0 Å². The second-order valence-electron chi connectivity index (χ2n) is 6.75. The monoisotopic (exact) mass is 389 g/mol. The summed E-state index contributed by atoms with van der Waals surface area (Å²) < 4.78 is 2.29. The number of hydrogen-bond acceptors (Lipinski definition) is 4. The molecule has 1 aromatic heterocycles. The third-order valence-corrected chi connectivity index (χ3v) is 4.45. The second-order valence-corrected chi connectivity index (χ2v) is 7.14. The highest BCUT2D eigenvalue weighted by Gasteiger charge is 2.17. The summed E-state index contributed by atoms with van der Waals surface area (Å²) in [5, 5.41) is 9.90. The first kappa shape index (κ1) is 20.8. The summed E-state index contributed by atoms with van der Waals surface area (Å²) in [7, 11) is 0. The summed E-state index contributed by atoms with van der Waals surface area (Å²) in [5.41, 5.74) is 2.09. The van der Waals surface area contributed by atoms with Crippen molar-refractivity contribution >= 4 is 24.0 Å². The highest BCUT2D eigenvalue weighted by molar-refractivity contribution is 7.71. The summed E-state index contributed by atoms with van der Waals surface area (Å²) in [6, 6.07) is 8.02. The molecule has 146 valence electrons. The van der Waals surface area contributed by atoms with Crippen LogP contribution >= 0.6 is 12.2 Å². The Morgan fingerprint density at radius 2 is 1.96 bits per heavy atom. The lowest BCUT2D eigenvalue weighted by atomic mass is 10.1. The van der Waals surface area contributed by atoms with Crippen molar-refractivity contribution in [2.75, 3.05) is 13.1 Å². The van der Waals surface area contributed by atoms with Gasteiger partial charge in [0.2, 0.25) is 11.8 Å². The molecule has 7 nitrogen and oxygen atoms in total. The van der Waals surface area contributed by atoms with E-state index >= 15 is 0 Å². The van der Waals surface area contributed by atoms with E-state index in [9.17, 15) is 9.59 Å². The summed E-state index contributed by atoms with van der Waals surface area (Å²) in [5.74, 6) is 0.461. The molecule has 1 aromatic carbocycles. The first-order valence-corrected chi connectivity index (χ1v) is 9.52. The van der Waals surface area contributed by atoms with E-state index in [1.807, 2.05) is 56.5 Å². The standard InChI is InChI=1S/C19H27N5O2S/c1-5-23(12-16(25)20-13(2)3)17(26)10-11-24-18(21-22-19(24)27)15-8-6-14(4)7-9-15/h6-9,13H,5,10-12H2,1-4H3,(H,20,25)(H,22,27). The Bertz CT molecular complexity index is 839. The summed E-state index contributed by atoms with van der Waals surface area (Å²) in [4.78, 5) is 26.1. The maximum atomic E-state index is 12.6. The van der Waals surface area contributed by atoms with Crippen LogP contribution in [0.15, 0.2) is 24.3 Å². The number of carbonyl (C=O) groups excluding carboxylic acids is 2. The number of hydrogen-bond donors (Lipinski definition) is 2. The number of aryl methyl sites for hydroxylation is 1. The van der Waals surface area contributed by atoms with Crippen LogP contribution in [0.3, 0.4) is 0 Å². The quantitative estimate of drug-likeness (QED) is 0.680. The maximum absolute atomic E-state index is 12.6. The van der Waals surface area contributed by atoms with Crippen molar-refractivity contribution in [3.8, 4) is 11.4 Å². The molecule has 0 aliphatic heterocycles. The molecule has 0 bridgehead atoms. The molecule has 8 heteroatoms. The fourth-order valence-corrected chi connectivity index (χ4v) is 2.95. The van der Waals surface area contributed by atoms with Crippen molar-refractivity contribution in [3.63, 3.8) is 0 Å². The number of likely N-dealkylation sites (N-methyl/N-ethyl adjacent to an activating group) is 1. The second kappa shape index (κ2) is 9.45. The molecule has 0 fully saturated rings. The molecule has 0 spiro atoms. The van der Waals surface area contributed by atoms with Crippen molar-refractivity contribution in [3.05, 3.63) is 34.6 Å². The Balaban J connectivity index is 2.06. The molecule has 0 aliphatic rings. The Hall–Kier alpha value is -2.48. The summed E-state index contributed by atoms with van der Waals surface area (Å²) in [6.45, 7) is 8.61.